The Labute approximate surface area is 174 Å². The van der Waals surface area contributed by atoms with Gasteiger partial charge in [-0.2, -0.15) is 0 Å². The number of Topliss-reactive ketones (excluding diaryl/α,β-unsaturated/α-hetero) is 1. The number of halogens is 2. The molecule has 0 radical (unpaired) electrons. The molecule has 5 rings (SSSR count). The Kier molecular flexibility index (Phi) is 5.17. The fraction of sp³-hybridized carbons (Fsp3) is 0.381. The van der Waals surface area contributed by atoms with Crippen molar-refractivity contribution in [1.82, 2.24) is 4.72 Å². The van der Waals surface area contributed by atoms with E-state index >= 15 is 0 Å². The molecule has 0 atom stereocenters. The zero-order valence-electron chi connectivity index (χ0n) is 15.7. The van der Waals surface area contributed by atoms with E-state index in [0.29, 0.717) is 25.7 Å². The molecule has 0 aliphatic heterocycles. The highest BCUT2D eigenvalue weighted by molar-refractivity contribution is 7.88. The van der Waals surface area contributed by atoms with Crippen molar-refractivity contribution < 1.29 is 22.3 Å². The lowest BCUT2D eigenvalue weighted by atomic mass is 9.38. The Morgan fingerprint density at radius 1 is 1.14 bits per heavy atom. The Balaban J connectivity index is 1.24. The molecule has 3 saturated carbocycles. The number of rotatable bonds is 9. The van der Waals surface area contributed by atoms with E-state index in [0.717, 1.165) is 11.6 Å². The lowest BCUT2D eigenvalue weighted by Gasteiger charge is -2.70. The maximum absolute atomic E-state index is 13.4. The van der Waals surface area contributed by atoms with Crippen LogP contribution >= 0.6 is 11.6 Å². The van der Waals surface area contributed by atoms with Crippen molar-refractivity contribution in [3.05, 3.63) is 64.9 Å². The first-order chi connectivity index (χ1) is 13.7. The van der Waals surface area contributed by atoms with Crippen LogP contribution in [0.1, 0.15) is 31.2 Å². The monoisotopic (exact) mass is 437 g/mol. The van der Waals surface area contributed by atoms with Crippen LogP contribution in [0.2, 0.25) is 5.02 Å². The van der Waals surface area contributed by atoms with Gasteiger partial charge in [-0.1, -0.05) is 41.9 Å². The smallest absolute Gasteiger partial charge is 0.216 e. The number of sulfonamides is 1. The normalized spacial score (nSPS) is 25.0. The van der Waals surface area contributed by atoms with E-state index in [1.54, 1.807) is 12.1 Å². The average molecular weight is 438 g/mol. The van der Waals surface area contributed by atoms with Crippen molar-refractivity contribution in [3.8, 4) is 5.75 Å². The molecule has 0 aromatic heterocycles. The molecule has 0 amide bonds. The van der Waals surface area contributed by atoms with Gasteiger partial charge in [0.2, 0.25) is 10.0 Å². The van der Waals surface area contributed by atoms with Gasteiger partial charge in [0, 0.05) is 18.0 Å². The predicted molar refractivity (Wildman–Crippen MR) is 108 cm³/mol. The second-order valence-corrected chi connectivity index (χ2v) is 10.4. The van der Waals surface area contributed by atoms with Gasteiger partial charge < -0.3 is 4.74 Å². The summed E-state index contributed by atoms with van der Waals surface area (Å²) in [6.07, 6.45) is 2.32. The Hall–Kier alpha value is -1.96. The van der Waals surface area contributed by atoms with Gasteiger partial charge in [-0.05, 0) is 42.4 Å². The van der Waals surface area contributed by atoms with Crippen molar-refractivity contribution in [1.29, 1.82) is 0 Å². The van der Waals surface area contributed by atoms with E-state index in [1.807, 2.05) is 18.2 Å². The number of benzene rings is 2. The number of ketones is 1. The highest BCUT2D eigenvalue weighted by atomic mass is 35.5. The van der Waals surface area contributed by atoms with Crippen LogP contribution < -0.4 is 9.46 Å². The largest absolute Gasteiger partial charge is 0.486 e. The summed E-state index contributed by atoms with van der Waals surface area (Å²) in [5.41, 5.74) is 0.196. The third kappa shape index (κ3) is 4.47. The summed E-state index contributed by atoms with van der Waals surface area (Å²) < 4.78 is 46.4. The second kappa shape index (κ2) is 7.38. The van der Waals surface area contributed by atoms with Crippen molar-refractivity contribution >= 4 is 27.4 Å². The van der Waals surface area contributed by atoms with Crippen LogP contribution in [0.5, 0.6) is 5.75 Å². The molecular formula is C21H21ClFNO4S. The minimum absolute atomic E-state index is 0.00226. The summed E-state index contributed by atoms with van der Waals surface area (Å²) in [7, 11) is -3.43. The third-order valence-electron chi connectivity index (χ3n) is 5.57. The number of hydrogen-bond acceptors (Lipinski definition) is 4. The van der Waals surface area contributed by atoms with E-state index < -0.39 is 21.4 Å². The van der Waals surface area contributed by atoms with E-state index in [-0.39, 0.29) is 34.3 Å². The number of carbonyl (C=O) groups is 1. The zero-order chi connectivity index (χ0) is 20.7. The number of carbonyl (C=O) groups excluding carboxylic acids is 1. The minimum atomic E-state index is -3.43. The van der Waals surface area contributed by atoms with Gasteiger partial charge in [-0.25, -0.2) is 17.5 Å². The summed E-state index contributed by atoms with van der Waals surface area (Å²) >= 11 is 5.62. The van der Waals surface area contributed by atoms with Gasteiger partial charge in [-0.3, -0.25) is 4.79 Å². The predicted octanol–water partition coefficient (Wildman–Crippen LogP) is 3.86. The van der Waals surface area contributed by atoms with E-state index in [9.17, 15) is 17.6 Å². The lowest BCUT2D eigenvalue weighted by Crippen LogP contribution is -2.75. The standard InChI is InChI=1S/C21H21ClFNO4S/c22-18-7-6-17(8-19(18)23)28-10-16(25)9-20-12-21(13-20,14-20)24-29(26,27)11-15-4-2-1-3-5-15/h1-8,24H,9-14H2. The molecule has 2 aromatic carbocycles. The van der Waals surface area contributed by atoms with Crippen LogP contribution in [0.25, 0.3) is 0 Å². The van der Waals surface area contributed by atoms with Crippen molar-refractivity contribution in [2.24, 2.45) is 5.41 Å². The first kappa shape index (κ1) is 20.3. The Morgan fingerprint density at radius 3 is 2.48 bits per heavy atom. The van der Waals surface area contributed by atoms with Gasteiger partial charge in [0.15, 0.2) is 5.78 Å². The number of ether oxygens (including phenoxy) is 1. The molecule has 0 spiro atoms. The summed E-state index contributed by atoms with van der Waals surface area (Å²) in [6, 6.07) is 13.1. The van der Waals surface area contributed by atoms with Crippen LogP contribution in [-0.2, 0) is 20.6 Å². The Bertz CT molecular complexity index is 1020. The molecular weight excluding hydrogens is 417 g/mol. The minimum Gasteiger partial charge on any atom is -0.486 e. The van der Waals surface area contributed by atoms with Gasteiger partial charge in [0.1, 0.15) is 18.2 Å². The fourth-order valence-electron chi connectivity index (χ4n) is 4.65. The maximum Gasteiger partial charge on any atom is 0.216 e. The van der Waals surface area contributed by atoms with Crippen LogP contribution in [-0.4, -0.2) is 26.3 Å². The number of hydrogen-bond donors (Lipinski definition) is 1. The molecule has 8 heteroatoms. The van der Waals surface area contributed by atoms with E-state index in [4.69, 9.17) is 16.3 Å². The second-order valence-electron chi connectivity index (χ2n) is 8.24. The summed E-state index contributed by atoms with van der Waals surface area (Å²) in [5.74, 6) is -0.475. The van der Waals surface area contributed by atoms with Crippen molar-refractivity contribution in [2.45, 2.75) is 37.0 Å². The summed E-state index contributed by atoms with van der Waals surface area (Å²) in [4.78, 5) is 12.2. The van der Waals surface area contributed by atoms with Crippen LogP contribution in [0.3, 0.4) is 0 Å². The lowest BCUT2D eigenvalue weighted by molar-refractivity contribution is -0.159. The quantitative estimate of drug-likeness (QED) is 0.646. The molecule has 0 saturated heterocycles. The van der Waals surface area contributed by atoms with Gasteiger partial charge in [-0.15, -0.1) is 0 Å². The van der Waals surface area contributed by atoms with Crippen molar-refractivity contribution in [2.75, 3.05) is 6.61 Å². The molecule has 2 bridgehead atoms. The molecule has 0 unspecified atom stereocenters. The molecule has 3 aliphatic rings. The molecule has 0 heterocycles. The molecule has 3 aliphatic carbocycles. The first-order valence-electron chi connectivity index (χ1n) is 9.34. The topological polar surface area (TPSA) is 72.5 Å². The highest BCUT2D eigenvalue weighted by Gasteiger charge is 2.69. The highest BCUT2D eigenvalue weighted by Crippen LogP contribution is 2.69. The van der Waals surface area contributed by atoms with E-state index in [2.05, 4.69) is 4.72 Å². The zero-order valence-corrected chi connectivity index (χ0v) is 17.2. The molecule has 154 valence electrons. The third-order valence-corrected chi connectivity index (χ3v) is 7.34. The van der Waals surface area contributed by atoms with E-state index in [1.165, 1.54) is 12.1 Å². The molecule has 5 nitrogen and oxygen atoms in total. The van der Waals surface area contributed by atoms with Gasteiger partial charge >= 0.3 is 0 Å². The average Bonchev–Trinajstić information content (AvgIpc) is 2.60. The van der Waals surface area contributed by atoms with Gasteiger partial charge in [0.05, 0.1) is 10.8 Å². The van der Waals surface area contributed by atoms with Crippen LogP contribution in [0, 0.1) is 11.2 Å². The first-order valence-corrected chi connectivity index (χ1v) is 11.4. The SMILES string of the molecule is O=C(COc1ccc(Cl)c(F)c1)CC12CC(NS(=O)(=O)Cc3ccccc3)(C1)C2. The summed E-state index contributed by atoms with van der Waals surface area (Å²) in [6.45, 7) is -0.143. The molecule has 29 heavy (non-hydrogen) atoms. The number of nitrogens with one attached hydrogen (secondary N) is 1. The van der Waals surface area contributed by atoms with Crippen LogP contribution in [0.15, 0.2) is 48.5 Å². The molecule has 2 aromatic rings. The Morgan fingerprint density at radius 2 is 1.83 bits per heavy atom. The molecule has 3 fully saturated rings. The van der Waals surface area contributed by atoms with Crippen LogP contribution in [0.4, 0.5) is 4.39 Å². The molecule has 1 N–H and O–H groups in total. The van der Waals surface area contributed by atoms with Gasteiger partial charge in [0.25, 0.3) is 0 Å². The maximum atomic E-state index is 13.4. The summed E-state index contributed by atoms with van der Waals surface area (Å²) in [5, 5.41) is -0.00226. The fourth-order valence-corrected chi connectivity index (χ4v) is 6.35. The van der Waals surface area contributed by atoms with Crippen molar-refractivity contribution in [3.63, 3.8) is 0 Å².